The standard InChI is InChI=1S/C11H10FNO2/c1-6(2)13-10(14)8-4-3-7(12)5-9(8)11(13)15/h3-6H,1-2H3. The van der Waals surface area contributed by atoms with E-state index in [0.717, 1.165) is 11.0 Å². The quantitative estimate of drug-likeness (QED) is 0.659. The van der Waals surface area contributed by atoms with Crippen LogP contribution in [0.2, 0.25) is 0 Å². The smallest absolute Gasteiger partial charge is 0.261 e. The van der Waals surface area contributed by atoms with Gasteiger partial charge in [-0.05, 0) is 32.0 Å². The molecule has 2 rings (SSSR count). The number of hydrogen-bond donors (Lipinski definition) is 0. The number of amides is 2. The van der Waals surface area contributed by atoms with Crippen LogP contribution in [0.15, 0.2) is 18.2 Å². The average molecular weight is 207 g/mol. The summed E-state index contributed by atoms with van der Waals surface area (Å²) in [6.45, 7) is 3.50. The molecule has 1 aliphatic heterocycles. The molecule has 0 spiro atoms. The summed E-state index contributed by atoms with van der Waals surface area (Å²) in [5, 5.41) is 0. The zero-order chi connectivity index (χ0) is 11.2. The minimum atomic E-state index is -0.500. The molecule has 4 heteroatoms. The zero-order valence-electron chi connectivity index (χ0n) is 8.45. The first-order chi connectivity index (χ1) is 7.02. The van der Waals surface area contributed by atoms with Crippen molar-refractivity contribution in [3.8, 4) is 0 Å². The van der Waals surface area contributed by atoms with E-state index in [2.05, 4.69) is 0 Å². The largest absolute Gasteiger partial charge is 0.272 e. The van der Waals surface area contributed by atoms with Gasteiger partial charge in [-0.1, -0.05) is 0 Å². The van der Waals surface area contributed by atoms with Gasteiger partial charge in [-0.25, -0.2) is 4.39 Å². The van der Waals surface area contributed by atoms with E-state index in [9.17, 15) is 14.0 Å². The van der Waals surface area contributed by atoms with E-state index < -0.39 is 11.7 Å². The third-order valence-electron chi connectivity index (χ3n) is 2.40. The molecule has 1 aliphatic rings. The summed E-state index contributed by atoms with van der Waals surface area (Å²) in [6.07, 6.45) is 0. The van der Waals surface area contributed by atoms with Crippen LogP contribution in [0.25, 0.3) is 0 Å². The number of rotatable bonds is 1. The Kier molecular flexibility index (Phi) is 2.07. The lowest BCUT2D eigenvalue weighted by Gasteiger charge is -2.17. The van der Waals surface area contributed by atoms with E-state index >= 15 is 0 Å². The topological polar surface area (TPSA) is 37.4 Å². The van der Waals surface area contributed by atoms with Gasteiger partial charge in [-0.15, -0.1) is 0 Å². The van der Waals surface area contributed by atoms with Crippen LogP contribution in [0.4, 0.5) is 4.39 Å². The SMILES string of the molecule is CC(C)N1C(=O)c2ccc(F)cc2C1=O. The molecule has 0 aliphatic carbocycles. The molecule has 1 heterocycles. The van der Waals surface area contributed by atoms with E-state index in [0.29, 0.717) is 0 Å². The second-order valence-corrected chi connectivity index (χ2v) is 3.76. The summed E-state index contributed by atoms with van der Waals surface area (Å²) in [7, 11) is 0. The van der Waals surface area contributed by atoms with E-state index in [1.807, 2.05) is 0 Å². The molecule has 0 fully saturated rings. The maximum atomic E-state index is 12.9. The molecule has 0 aromatic heterocycles. The van der Waals surface area contributed by atoms with Crippen molar-refractivity contribution in [2.24, 2.45) is 0 Å². The fraction of sp³-hybridized carbons (Fsp3) is 0.273. The van der Waals surface area contributed by atoms with E-state index in [1.54, 1.807) is 13.8 Å². The Hall–Kier alpha value is -1.71. The number of imide groups is 1. The Bertz CT molecular complexity index is 454. The fourth-order valence-corrected chi connectivity index (χ4v) is 1.70. The monoisotopic (exact) mass is 207 g/mol. The molecule has 0 N–H and O–H groups in total. The van der Waals surface area contributed by atoms with Crippen molar-refractivity contribution >= 4 is 11.8 Å². The summed E-state index contributed by atoms with van der Waals surface area (Å²) in [5.74, 6) is -1.25. The Morgan fingerprint density at radius 3 is 2.33 bits per heavy atom. The second kappa shape index (κ2) is 3.15. The van der Waals surface area contributed by atoms with Crippen LogP contribution in [0.3, 0.4) is 0 Å². The summed E-state index contributed by atoms with van der Waals surface area (Å²) in [4.78, 5) is 24.6. The van der Waals surface area contributed by atoms with Gasteiger partial charge < -0.3 is 0 Å². The van der Waals surface area contributed by atoms with Gasteiger partial charge in [-0.2, -0.15) is 0 Å². The first-order valence-corrected chi connectivity index (χ1v) is 4.70. The first-order valence-electron chi connectivity index (χ1n) is 4.70. The molecule has 0 unspecified atom stereocenters. The lowest BCUT2D eigenvalue weighted by atomic mass is 10.1. The molecule has 0 atom stereocenters. The number of hydrogen-bond acceptors (Lipinski definition) is 2. The third-order valence-corrected chi connectivity index (χ3v) is 2.40. The van der Waals surface area contributed by atoms with Crippen molar-refractivity contribution in [2.45, 2.75) is 19.9 Å². The normalized spacial score (nSPS) is 15.1. The fourth-order valence-electron chi connectivity index (χ4n) is 1.70. The Morgan fingerprint density at radius 2 is 1.73 bits per heavy atom. The summed E-state index contributed by atoms with van der Waals surface area (Å²) >= 11 is 0. The number of carbonyl (C=O) groups is 2. The summed E-state index contributed by atoms with van der Waals surface area (Å²) in [5.41, 5.74) is 0.448. The molecule has 78 valence electrons. The van der Waals surface area contributed by atoms with Crippen molar-refractivity contribution in [3.05, 3.63) is 35.1 Å². The minimum Gasteiger partial charge on any atom is -0.272 e. The van der Waals surface area contributed by atoms with E-state index in [1.165, 1.54) is 12.1 Å². The summed E-state index contributed by atoms with van der Waals surface area (Å²) in [6, 6.07) is 3.44. The summed E-state index contributed by atoms with van der Waals surface area (Å²) < 4.78 is 12.9. The van der Waals surface area contributed by atoms with Gasteiger partial charge >= 0.3 is 0 Å². The molecule has 0 saturated carbocycles. The van der Waals surface area contributed by atoms with Crippen LogP contribution in [0.1, 0.15) is 34.6 Å². The van der Waals surface area contributed by atoms with Gasteiger partial charge in [0.1, 0.15) is 5.82 Å². The molecular weight excluding hydrogens is 197 g/mol. The molecule has 0 bridgehead atoms. The van der Waals surface area contributed by atoms with Gasteiger partial charge in [0, 0.05) is 6.04 Å². The van der Waals surface area contributed by atoms with Crippen LogP contribution in [-0.4, -0.2) is 22.8 Å². The lowest BCUT2D eigenvalue weighted by Crippen LogP contribution is -2.35. The van der Waals surface area contributed by atoms with Crippen molar-refractivity contribution < 1.29 is 14.0 Å². The zero-order valence-corrected chi connectivity index (χ0v) is 8.45. The highest BCUT2D eigenvalue weighted by atomic mass is 19.1. The number of halogens is 1. The Balaban J connectivity index is 2.56. The number of benzene rings is 1. The van der Waals surface area contributed by atoms with Gasteiger partial charge in [0.2, 0.25) is 0 Å². The predicted octanol–water partition coefficient (Wildman–Crippen LogP) is 1.83. The van der Waals surface area contributed by atoms with Gasteiger partial charge in [0.15, 0.2) is 0 Å². The molecule has 1 aromatic carbocycles. The molecule has 2 amide bonds. The van der Waals surface area contributed by atoms with Crippen molar-refractivity contribution in [1.82, 2.24) is 4.90 Å². The van der Waals surface area contributed by atoms with Crippen molar-refractivity contribution in [3.63, 3.8) is 0 Å². The van der Waals surface area contributed by atoms with Gasteiger partial charge in [0.05, 0.1) is 11.1 Å². The second-order valence-electron chi connectivity index (χ2n) is 3.76. The maximum Gasteiger partial charge on any atom is 0.261 e. The van der Waals surface area contributed by atoms with Gasteiger partial charge in [-0.3, -0.25) is 14.5 Å². The van der Waals surface area contributed by atoms with Crippen LogP contribution in [0.5, 0.6) is 0 Å². The molecule has 1 aromatic rings. The highest BCUT2D eigenvalue weighted by molar-refractivity contribution is 6.21. The molecule has 0 saturated heterocycles. The third kappa shape index (κ3) is 1.33. The van der Waals surface area contributed by atoms with Crippen LogP contribution in [0, 0.1) is 5.82 Å². The molecule has 3 nitrogen and oxygen atoms in total. The van der Waals surface area contributed by atoms with E-state index in [4.69, 9.17) is 0 Å². The van der Waals surface area contributed by atoms with Crippen LogP contribution < -0.4 is 0 Å². The Labute approximate surface area is 86.5 Å². The highest BCUT2D eigenvalue weighted by Gasteiger charge is 2.37. The number of nitrogens with zero attached hydrogens (tertiary/aromatic N) is 1. The Morgan fingerprint density at radius 1 is 1.13 bits per heavy atom. The average Bonchev–Trinajstić information content (AvgIpc) is 2.39. The molecular formula is C11H10FNO2. The highest BCUT2D eigenvalue weighted by Crippen LogP contribution is 2.25. The number of carbonyl (C=O) groups excluding carboxylic acids is 2. The van der Waals surface area contributed by atoms with Crippen LogP contribution in [-0.2, 0) is 0 Å². The first kappa shape index (κ1) is 9.83. The van der Waals surface area contributed by atoms with Gasteiger partial charge in [0.25, 0.3) is 11.8 Å². The molecule has 0 radical (unpaired) electrons. The lowest BCUT2D eigenvalue weighted by molar-refractivity contribution is 0.0609. The predicted molar refractivity (Wildman–Crippen MR) is 52.0 cm³/mol. The van der Waals surface area contributed by atoms with Crippen molar-refractivity contribution in [2.75, 3.05) is 0 Å². The molecule has 15 heavy (non-hydrogen) atoms. The maximum absolute atomic E-state index is 12.9. The number of fused-ring (bicyclic) bond motifs is 1. The van der Waals surface area contributed by atoms with E-state index in [-0.39, 0.29) is 23.1 Å². The van der Waals surface area contributed by atoms with Crippen molar-refractivity contribution in [1.29, 1.82) is 0 Å². The minimum absolute atomic E-state index is 0.161. The van der Waals surface area contributed by atoms with Crippen LogP contribution >= 0.6 is 0 Å².